The molecule has 0 bridgehead atoms. The van der Waals surface area contributed by atoms with Gasteiger partial charge in [-0.3, -0.25) is 0 Å². The maximum absolute atomic E-state index is 13.9. The Morgan fingerprint density at radius 3 is 2.73 bits per heavy atom. The Morgan fingerprint density at radius 2 is 2.15 bits per heavy atom. The quantitative estimate of drug-likeness (QED) is 0.603. The van der Waals surface area contributed by atoms with Gasteiger partial charge in [-0.15, -0.1) is 0 Å². The van der Waals surface area contributed by atoms with Crippen molar-refractivity contribution < 1.29 is 13.7 Å². The van der Waals surface area contributed by atoms with E-state index in [1.165, 1.54) is 13.2 Å². The third kappa shape index (κ3) is 5.21. The van der Waals surface area contributed by atoms with E-state index in [9.17, 15) is 4.39 Å². The van der Waals surface area contributed by atoms with Crippen molar-refractivity contribution in [3.8, 4) is 5.75 Å². The van der Waals surface area contributed by atoms with E-state index in [1.54, 1.807) is 6.07 Å². The average Bonchev–Trinajstić information content (AvgIpc) is 3.08. The molecule has 2 rings (SSSR count). The molecule has 0 spiro atoms. The van der Waals surface area contributed by atoms with Gasteiger partial charge in [-0.1, -0.05) is 25.1 Å². The van der Waals surface area contributed by atoms with Crippen LogP contribution in [0.25, 0.3) is 0 Å². The lowest BCUT2D eigenvalue weighted by atomic mass is 10.1. The Kier molecular flexibility index (Phi) is 7.00. The van der Waals surface area contributed by atoms with Crippen LogP contribution in [0.2, 0.25) is 0 Å². The van der Waals surface area contributed by atoms with Crippen molar-refractivity contribution in [2.75, 3.05) is 20.7 Å². The SMILES string of the molecule is CCNC(=NCc1cc(C(C)C)no1)N(C)Cc1ccc(OC)c(F)c1. The number of guanidine groups is 1. The van der Waals surface area contributed by atoms with Crippen molar-refractivity contribution in [3.63, 3.8) is 0 Å². The fourth-order valence-electron chi connectivity index (χ4n) is 2.46. The zero-order chi connectivity index (χ0) is 19.1. The number of ether oxygens (including phenoxy) is 1. The van der Waals surface area contributed by atoms with E-state index in [2.05, 4.69) is 29.3 Å². The Bertz CT molecular complexity index is 743. The molecule has 0 aliphatic heterocycles. The molecular formula is C19H27FN4O2. The Morgan fingerprint density at radius 1 is 1.38 bits per heavy atom. The molecule has 0 saturated carbocycles. The molecule has 0 unspecified atom stereocenters. The second kappa shape index (κ2) is 9.22. The molecule has 6 nitrogen and oxygen atoms in total. The first-order chi connectivity index (χ1) is 12.4. The summed E-state index contributed by atoms with van der Waals surface area (Å²) in [5, 5.41) is 7.28. The van der Waals surface area contributed by atoms with Gasteiger partial charge in [0.15, 0.2) is 23.3 Å². The topological polar surface area (TPSA) is 62.9 Å². The zero-order valence-corrected chi connectivity index (χ0v) is 16.0. The maximum atomic E-state index is 13.9. The van der Waals surface area contributed by atoms with Crippen molar-refractivity contribution >= 4 is 5.96 Å². The predicted molar refractivity (Wildman–Crippen MR) is 99.8 cm³/mol. The number of hydrogen-bond donors (Lipinski definition) is 1. The predicted octanol–water partition coefficient (Wildman–Crippen LogP) is 3.54. The van der Waals surface area contributed by atoms with Crippen LogP contribution in [0.4, 0.5) is 4.39 Å². The maximum Gasteiger partial charge on any atom is 0.194 e. The molecule has 0 amide bonds. The summed E-state index contributed by atoms with van der Waals surface area (Å²) in [5.74, 6) is 1.61. The van der Waals surface area contributed by atoms with Gasteiger partial charge in [0, 0.05) is 26.2 Å². The van der Waals surface area contributed by atoms with Gasteiger partial charge in [-0.05, 0) is 30.5 Å². The minimum Gasteiger partial charge on any atom is -0.494 e. The van der Waals surface area contributed by atoms with Crippen LogP contribution in [0.15, 0.2) is 33.8 Å². The second-order valence-electron chi connectivity index (χ2n) is 6.37. The smallest absolute Gasteiger partial charge is 0.194 e. The average molecular weight is 362 g/mol. The number of halogens is 1. The normalized spacial score (nSPS) is 11.7. The summed E-state index contributed by atoms with van der Waals surface area (Å²) in [4.78, 5) is 6.52. The summed E-state index contributed by atoms with van der Waals surface area (Å²) >= 11 is 0. The monoisotopic (exact) mass is 362 g/mol. The summed E-state index contributed by atoms with van der Waals surface area (Å²) in [6.07, 6.45) is 0. The molecule has 0 fully saturated rings. The van der Waals surface area contributed by atoms with Gasteiger partial charge >= 0.3 is 0 Å². The Labute approximate surface area is 154 Å². The third-order valence-corrected chi connectivity index (χ3v) is 3.89. The molecule has 0 aliphatic carbocycles. The number of nitrogens with zero attached hydrogens (tertiary/aromatic N) is 3. The molecule has 7 heteroatoms. The van der Waals surface area contributed by atoms with Crippen LogP contribution in [-0.2, 0) is 13.1 Å². The molecule has 2 aromatic rings. The molecule has 1 aromatic heterocycles. The van der Waals surface area contributed by atoms with Gasteiger partial charge in [0.2, 0.25) is 0 Å². The molecule has 1 aromatic carbocycles. The first-order valence-corrected chi connectivity index (χ1v) is 8.72. The van der Waals surface area contributed by atoms with Crippen molar-refractivity contribution in [1.29, 1.82) is 0 Å². The number of aromatic nitrogens is 1. The number of nitrogens with one attached hydrogen (secondary N) is 1. The second-order valence-corrected chi connectivity index (χ2v) is 6.37. The fourth-order valence-corrected chi connectivity index (χ4v) is 2.46. The lowest BCUT2D eigenvalue weighted by Gasteiger charge is -2.22. The van der Waals surface area contributed by atoms with Gasteiger partial charge in [0.1, 0.15) is 6.54 Å². The molecule has 1 heterocycles. The summed E-state index contributed by atoms with van der Waals surface area (Å²) < 4.78 is 24.2. The molecule has 1 N–H and O–H groups in total. The van der Waals surface area contributed by atoms with Crippen LogP contribution in [0, 0.1) is 5.82 Å². The number of benzene rings is 1. The van der Waals surface area contributed by atoms with E-state index < -0.39 is 0 Å². The summed E-state index contributed by atoms with van der Waals surface area (Å²) in [5.41, 5.74) is 1.75. The molecule has 26 heavy (non-hydrogen) atoms. The van der Waals surface area contributed by atoms with Crippen molar-refractivity contribution in [2.24, 2.45) is 4.99 Å². The van der Waals surface area contributed by atoms with Crippen LogP contribution in [0.5, 0.6) is 5.75 Å². The van der Waals surface area contributed by atoms with Crippen molar-refractivity contribution in [1.82, 2.24) is 15.4 Å². The van der Waals surface area contributed by atoms with Gasteiger partial charge in [-0.2, -0.15) is 0 Å². The highest BCUT2D eigenvalue weighted by Gasteiger charge is 2.11. The highest BCUT2D eigenvalue weighted by Crippen LogP contribution is 2.18. The molecule has 0 atom stereocenters. The molecular weight excluding hydrogens is 335 g/mol. The highest BCUT2D eigenvalue weighted by atomic mass is 19.1. The lowest BCUT2D eigenvalue weighted by Crippen LogP contribution is -2.38. The number of hydrogen-bond acceptors (Lipinski definition) is 4. The highest BCUT2D eigenvalue weighted by molar-refractivity contribution is 5.79. The summed E-state index contributed by atoms with van der Waals surface area (Å²) in [6, 6.07) is 6.87. The van der Waals surface area contributed by atoms with E-state index in [1.807, 2.05) is 31.0 Å². The van der Waals surface area contributed by atoms with Gasteiger partial charge < -0.3 is 19.5 Å². The van der Waals surface area contributed by atoms with E-state index in [0.29, 0.717) is 30.7 Å². The zero-order valence-electron chi connectivity index (χ0n) is 16.0. The first-order valence-electron chi connectivity index (χ1n) is 8.72. The van der Waals surface area contributed by atoms with Crippen LogP contribution in [-0.4, -0.2) is 36.7 Å². The minimum absolute atomic E-state index is 0.239. The summed E-state index contributed by atoms with van der Waals surface area (Å²) in [7, 11) is 3.36. The number of aliphatic imine (C=N–C) groups is 1. The van der Waals surface area contributed by atoms with E-state index in [0.717, 1.165) is 17.8 Å². The minimum atomic E-state index is -0.372. The Hall–Kier alpha value is -2.57. The van der Waals surface area contributed by atoms with Crippen LogP contribution in [0.3, 0.4) is 0 Å². The van der Waals surface area contributed by atoms with Crippen LogP contribution >= 0.6 is 0 Å². The van der Waals surface area contributed by atoms with Gasteiger partial charge in [0.25, 0.3) is 0 Å². The van der Waals surface area contributed by atoms with Crippen LogP contribution < -0.4 is 10.1 Å². The number of methoxy groups -OCH3 is 1. The lowest BCUT2D eigenvalue weighted by molar-refractivity contribution is 0.375. The van der Waals surface area contributed by atoms with E-state index >= 15 is 0 Å². The fraction of sp³-hybridized carbons (Fsp3) is 0.474. The Balaban J connectivity index is 2.07. The standard InChI is InChI=1S/C19H27FN4O2/c1-6-21-19(22-11-15-10-17(13(2)3)23-26-15)24(4)12-14-7-8-18(25-5)16(20)9-14/h7-10,13H,6,11-12H2,1-5H3,(H,21,22). The molecule has 0 aliphatic rings. The third-order valence-electron chi connectivity index (χ3n) is 3.89. The number of rotatable bonds is 7. The van der Waals surface area contributed by atoms with E-state index in [-0.39, 0.29) is 11.6 Å². The van der Waals surface area contributed by atoms with Gasteiger partial charge in [0.05, 0.1) is 12.8 Å². The molecule has 0 radical (unpaired) electrons. The molecule has 0 saturated heterocycles. The first kappa shape index (κ1) is 19.8. The van der Waals surface area contributed by atoms with Crippen LogP contribution in [0.1, 0.15) is 43.7 Å². The summed E-state index contributed by atoms with van der Waals surface area (Å²) in [6.45, 7) is 7.77. The largest absolute Gasteiger partial charge is 0.494 e. The molecule has 142 valence electrons. The van der Waals surface area contributed by atoms with E-state index in [4.69, 9.17) is 9.26 Å². The van der Waals surface area contributed by atoms with Gasteiger partial charge in [-0.25, -0.2) is 9.38 Å². The van der Waals surface area contributed by atoms with Crippen molar-refractivity contribution in [2.45, 2.75) is 39.8 Å². The van der Waals surface area contributed by atoms with Crippen molar-refractivity contribution in [3.05, 3.63) is 47.1 Å².